The van der Waals surface area contributed by atoms with E-state index in [4.69, 9.17) is 5.11 Å². The van der Waals surface area contributed by atoms with Crippen LogP contribution in [0.4, 0.5) is 18.9 Å². The summed E-state index contributed by atoms with van der Waals surface area (Å²) in [5.41, 5.74) is 0.841. The molecule has 0 aromatic carbocycles. The van der Waals surface area contributed by atoms with E-state index >= 15 is 0 Å². The highest BCUT2D eigenvalue weighted by atomic mass is 19.4. The van der Waals surface area contributed by atoms with Crippen molar-refractivity contribution in [2.45, 2.75) is 19.0 Å². The maximum atomic E-state index is 13.1. The van der Waals surface area contributed by atoms with Gasteiger partial charge < -0.3 is 14.9 Å². The van der Waals surface area contributed by atoms with Gasteiger partial charge in [0.25, 0.3) is 5.91 Å². The number of nitrogens with zero attached hydrogens (tertiary/aromatic N) is 3. The van der Waals surface area contributed by atoms with Crippen LogP contribution in [0.3, 0.4) is 0 Å². The zero-order chi connectivity index (χ0) is 18.2. The molecule has 0 saturated carbocycles. The van der Waals surface area contributed by atoms with E-state index < -0.39 is 43.0 Å². The minimum atomic E-state index is -4.66. The molecule has 2 aliphatic heterocycles. The Hall–Kier alpha value is -2.32. The van der Waals surface area contributed by atoms with Crippen LogP contribution in [0.2, 0.25) is 0 Å². The van der Waals surface area contributed by atoms with Gasteiger partial charge in [0.15, 0.2) is 0 Å². The highest BCUT2D eigenvalue weighted by Gasteiger charge is 2.53. The molecule has 0 unspecified atom stereocenters. The summed E-state index contributed by atoms with van der Waals surface area (Å²) in [5, 5.41) is 9.04. The van der Waals surface area contributed by atoms with Crippen molar-refractivity contribution >= 4 is 17.6 Å². The predicted octanol–water partition coefficient (Wildman–Crippen LogP) is 2.02. The number of carboxylic acids is 1. The van der Waals surface area contributed by atoms with Gasteiger partial charge in [0.05, 0.1) is 11.8 Å². The van der Waals surface area contributed by atoms with E-state index in [-0.39, 0.29) is 5.69 Å². The molecule has 2 aliphatic rings. The summed E-state index contributed by atoms with van der Waals surface area (Å²) in [5.74, 6) is -5.92. The number of anilines is 1. The van der Waals surface area contributed by atoms with Gasteiger partial charge in [-0.15, -0.1) is 0 Å². The monoisotopic (exact) mass is 357 g/mol. The molecule has 1 aromatic rings. The first-order valence-electron chi connectivity index (χ1n) is 8.07. The molecule has 6 nitrogen and oxygen atoms in total. The third-order valence-corrected chi connectivity index (χ3v) is 4.78. The number of likely N-dealkylation sites (tertiary alicyclic amines) is 1. The molecule has 0 bridgehead atoms. The van der Waals surface area contributed by atoms with E-state index in [0.717, 1.165) is 36.5 Å². The maximum absolute atomic E-state index is 13.1. The molecule has 2 fully saturated rings. The van der Waals surface area contributed by atoms with Crippen molar-refractivity contribution in [2.24, 2.45) is 11.8 Å². The zero-order valence-electron chi connectivity index (χ0n) is 13.4. The van der Waals surface area contributed by atoms with E-state index in [2.05, 4.69) is 9.88 Å². The first-order chi connectivity index (χ1) is 11.8. The summed E-state index contributed by atoms with van der Waals surface area (Å²) in [6.45, 7) is 0.597. The lowest BCUT2D eigenvalue weighted by Gasteiger charge is -2.20. The normalized spacial score (nSPS) is 24.0. The first kappa shape index (κ1) is 17.5. The van der Waals surface area contributed by atoms with Crippen LogP contribution in [-0.4, -0.2) is 59.2 Å². The Kier molecular flexibility index (Phi) is 4.57. The van der Waals surface area contributed by atoms with Crippen LogP contribution in [0.5, 0.6) is 0 Å². The molecule has 2 atom stereocenters. The van der Waals surface area contributed by atoms with Gasteiger partial charge in [-0.3, -0.25) is 14.6 Å². The smallest absolute Gasteiger partial charge is 0.394 e. The van der Waals surface area contributed by atoms with Gasteiger partial charge in [0.2, 0.25) is 0 Å². The van der Waals surface area contributed by atoms with Gasteiger partial charge >= 0.3 is 12.1 Å². The molecule has 2 saturated heterocycles. The van der Waals surface area contributed by atoms with Gasteiger partial charge in [-0.2, -0.15) is 13.2 Å². The van der Waals surface area contributed by atoms with Gasteiger partial charge in [0, 0.05) is 38.1 Å². The Morgan fingerprint density at radius 3 is 2.44 bits per heavy atom. The van der Waals surface area contributed by atoms with Gasteiger partial charge in [0.1, 0.15) is 5.69 Å². The lowest BCUT2D eigenvalue weighted by Crippen LogP contribution is -2.34. The predicted molar refractivity (Wildman–Crippen MR) is 82.3 cm³/mol. The summed E-state index contributed by atoms with van der Waals surface area (Å²) in [6.07, 6.45) is -1.12. The molecule has 136 valence electrons. The highest BCUT2D eigenvalue weighted by molar-refractivity contribution is 5.94. The van der Waals surface area contributed by atoms with Crippen LogP contribution in [0.15, 0.2) is 18.3 Å². The molecule has 1 amide bonds. The second-order valence-corrected chi connectivity index (χ2v) is 6.40. The molecule has 0 radical (unpaired) electrons. The number of aromatic nitrogens is 1. The fourth-order valence-electron chi connectivity index (χ4n) is 3.42. The van der Waals surface area contributed by atoms with E-state index in [1.54, 1.807) is 12.1 Å². The van der Waals surface area contributed by atoms with Crippen molar-refractivity contribution in [1.29, 1.82) is 0 Å². The van der Waals surface area contributed by atoms with E-state index in [1.165, 1.54) is 6.20 Å². The number of alkyl halides is 3. The lowest BCUT2D eigenvalue weighted by atomic mass is 9.96. The van der Waals surface area contributed by atoms with Crippen LogP contribution >= 0.6 is 0 Å². The van der Waals surface area contributed by atoms with Crippen LogP contribution in [0.1, 0.15) is 23.3 Å². The van der Waals surface area contributed by atoms with Crippen LogP contribution in [-0.2, 0) is 4.79 Å². The van der Waals surface area contributed by atoms with Crippen molar-refractivity contribution in [1.82, 2.24) is 9.88 Å². The Morgan fingerprint density at radius 1 is 1.20 bits per heavy atom. The van der Waals surface area contributed by atoms with Crippen molar-refractivity contribution in [3.05, 3.63) is 24.0 Å². The molecule has 9 heteroatoms. The number of hydrogen-bond acceptors (Lipinski definition) is 4. The highest BCUT2D eigenvalue weighted by Crippen LogP contribution is 2.38. The first-order valence-corrected chi connectivity index (χ1v) is 8.07. The van der Waals surface area contributed by atoms with Crippen molar-refractivity contribution in [3.8, 4) is 0 Å². The van der Waals surface area contributed by atoms with Crippen molar-refractivity contribution in [3.63, 3.8) is 0 Å². The summed E-state index contributed by atoms with van der Waals surface area (Å²) < 4.78 is 39.2. The number of pyridine rings is 1. The lowest BCUT2D eigenvalue weighted by molar-refractivity contribution is -0.187. The van der Waals surface area contributed by atoms with Crippen LogP contribution in [0.25, 0.3) is 0 Å². The number of rotatable bonds is 3. The largest absolute Gasteiger partial charge is 0.481 e. The second kappa shape index (κ2) is 6.53. The zero-order valence-corrected chi connectivity index (χ0v) is 13.4. The summed E-state index contributed by atoms with van der Waals surface area (Å²) >= 11 is 0. The van der Waals surface area contributed by atoms with Crippen molar-refractivity contribution in [2.75, 3.05) is 31.1 Å². The van der Waals surface area contributed by atoms with E-state index in [0.29, 0.717) is 0 Å². The average molecular weight is 357 g/mol. The van der Waals surface area contributed by atoms with Crippen LogP contribution in [0, 0.1) is 11.8 Å². The molecule has 0 aliphatic carbocycles. The Labute approximate surface area is 142 Å². The Balaban J connectivity index is 1.79. The Morgan fingerprint density at radius 2 is 1.88 bits per heavy atom. The average Bonchev–Trinajstić information content (AvgIpc) is 3.23. The SMILES string of the molecule is O=C(O)[C@@H]1CN(C(=O)c2cc(N3CCCC3)ccn2)C[C@H]1C(F)(F)F. The van der Waals surface area contributed by atoms with Gasteiger partial charge in [-0.05, 0) is 25.0 Å². The quantitative estimate of drug-likeness (QED) is 0.896. The molecule has 1 aromatic heterocycles. The minimum Gasteiger partial charge on any atom is -0.481 e. The topological polar surface area (TPSA) is 73.7 Å². The number of carbonyl (C=O) groups excluding carboxylic acids is 1. The maximum Gasteiger partial charge on any atom is 0.394 e. The number of amides is 1. The van der Waals surface area contributed by atoms with E-state index in [1.807, 2.05) is 0 Å². The summed E-state index contributed by atoms with van der Waals surface area (Å²) in [4.78, 5) is 30.7. The molecular formula is C16H18F3N3O3. The number of carbonyl (C=O) groups is 2. The van der Waals surface area contributed by atoms with E-state index in [9.17, 15) is 22.8 Å². The third-order valence-electron chi connectivity index (χ3n) is 4.78. The minimum absolute atomic E-state index is 0.0383. The fourth-order valence-corrected chi connectivity index (χ4v) is 3.42. The molecule has 0 spiro atoms. The number of carboxylic acid groups (broad SMARTS) is 1. The number of hydrogen-bond donors (Lipinski definition) is 1. The van der Waals surface area contributed by atoms with Crippen LogP contribution < -0.4 is 4.90 Å². The van der Waals surface area contributed by atoms with Gasteiger partial charge in [-0.25, -0.2) is 0 Å². The Bertz CT molecular complexity index is 674. The summed E-state index contributed by atoms with van der Waals surface area (Å²) in [7, 11) is 0. The molecule has 1 N–H and O–H groups in total. The second-order valence-electron chi connectivity index (χ2n) is 6.40. The summed E-state index contributed by atoms with van der Waals surface area (Å²) in [6, 6.07) is 3.31. The fraction of sp³-hybridized carbons (Fsp3) is 0.562. The van der Waals surface area contributed by atoms with Crippen molar-refractivity contribution < 1.29 is 27.9 Å². The number of halogens is 3. The van der Waals surface area contributed by atoms with Gasteiger partial charge in [-0.1, -0.05) is 0 Å². The number of aliphatic carboxylic acids is 1. The molecule has 25 heavy (non-hydrogen) atoms. The standard InChI is InChI=1S/C16H18F3N3O3/c17-16(18,19)12-9-22(8-11(12)15(24)25)14(23)13-7-10(3-4-20-13)21-5-1-2-6-21/h3-4,7,11-12H,1-2,5-6,8-9H2,(H,24,25)/t11-,12-/m1/s1. The third kappa shape index (κ3) is 3.54. The molecular weight excluding hydrogens is 339 g/mol. The molecule has 3 rings (SSSR count). The molecule has 3 heterocycles.